The zero-order valence-electron chi connectivity index (χ0n) is 16.5. The average Bonchev–Trinajstić information content (AvgIpc) is 2.66. The fourth-order valence-corrected chi connectivity index (χ4v) is 2.44. The minimum absolute atomic E-state index is 0.203. The molecule has 2 rings (SSSR count). The van der Waals surface area contributed by atoms with Crippen molar-refractivity contribution in [2.45, 2.75) is 12.8 Å². The van der Waals surface area contributed by atoms with E-state index in [0.717, 1.165) is 25.1 Å². The van der Waals surface area contributed by atoms with Crippen molar-refractivity contribution in [1.29, 1.82) is 0 Å². The maximum atomic E-state index is 12.2. The summed E-state index contributed by atoms with van der Waals surface area (Å²) < 4.78 is 40.2. The van der Waals surface area contributed by atoms with Gasteiger partial charge in [-0.15, -0.1) is 13.2 Å². The molecule has 0 unspecified atom stereocenters. The van der Waals surface area contributed by atoms with Crippen LogP contribution >= 0.6 is 0 Å². The number of rotatable bonds is 8. The Balaban J connectivity index is 1.82. The van der Waals surface area contributed by atoms with Crippen LogP contribution in [0.1, 0.15) is 16.8 Å². The fraction of sp³-hybridized carbons (Fsp3) is 0.300. The molecule has 0 aliphatic rings. The molecule has 10 heteroatoms. The first-order chi connectivity index (χ1) is 14.1. The highest BCUT2D eigenvalue weighted by Crippen LogP contribution is 2.24. The summed E-state index contributed by atoms with van der Waals surface area (Å²) in [5, 5.41) is 7.89. The topological polar surface area (TPSA) is 82.7 Å². The van der Waals surface area contributed by atoms with Gasteiger partial charge in [-0.25, -0.2) is 4.79 Å². The van der Waals surface area contributed by atoms with Gasteiger partial charge in [0, 0.05) is 23.5 Å². The highest BCUT2D eigenvalue weighted by Gasteiger charge is 2.30. The quantitative estimate of drug-likeness (QED) is 0.561. The number of halogens is 3. The second kappa shape index (κ2) is 10.5. The lowest BCUT2D eigenvalue weighted by Crippen LogP contribution is -2.27. The number of amides is 3. The molecule has 7 nitrogen and oxygen atoms in total. The molecule has 0 aromatic heterocycles. The van der Waals surface area contributed by atoms with E-state index in [4.69, 9.17) is 0 Å². The summed E-state index contributed by atoms with van der Waals surface area (Å²) in [7, 11) is 3.92. The third-order valence-electron chi connectivity index (χ3n) is 3.82. The summed E-state index contributed by atoms with van der Waals surface area (Å²) in [4.78, 5) is 26.1. The van der Waals surface area contributed by atoms with Crippen LogP contribution in [0.4, 0.5) is 29.3 Å². The van der Waals surface area contributed by atoms with Gasteiger partial charge in [0.1, 0.15) is 5.75 Å². The lowest BCUT2D eigenvalue weighted by molar-refractivity contribution is -0.274. The molecule has 2 aromatic rings. The zero-order valence-corrected chi connectivity index (χ0v) is 16.5. The van der Waals surface area contributed by atoms with Gasteiger partial charge in [-0.05, 0) is 75.6 Å². The lowest BCUT2D eigenvalue weighted by atomic mass is 10.2. The highest BCUT2D eigenvalue weighted by molar-refractivity contribution is 6.00. The molecule has 0 radical (unpaired) electrons. The third-order valence-corrected chi connectivity index (χ3v) is 3.82. The first-order valence-corrected chi connectivity index (χ1v) is 9.09. The van der Waals surface area contributed by atoms with Crippen molar-refractivity contribution in [1.82, 2.24) is 10.2 Å². The zero-order chi connectivity index (χ0) is 22.1. The number of nitrogens with one attached hydrogen (secondary N) is 3. The second-order valence-electron chi connectivity index (χ2n) is 6.64. The summed E-state index contributed by atoms with van der Waals surface area (Å²) in [5.74, 6) is -0.588. The number of hydrogen-bond acceptors (Lipinski definition) is 4. The molecule has 2 aromatic carbocycles. The summed E-state index contributed by atoms with van der Waals surface area (Å²) in [5.41, 5.74) is 1.20. The summed E-state index contributed by atoms with van der Waals surface area (Å²) in [6, 6.07) is 10.5. The number of carbonyl (C=O) groups excluding carboxylic acids is 2. The maximum absolute atomic E-state index is 12.2. The van der Waals surface area contributed by atoms with Crippen molar-refractivity contribution in [3.8, 4) is 5.75 Å². The van der Waals surface area contributed by atoms with Gasteiger partial charge in [0.05, 0.1) is 0 Å². The fourth-order valence-electron chi connectivity index (χ4n) is 2.44. The minimum Gasteiger partial charge on any atom is -0.406 e. The number of nitrogens with zero attached hydrogens (tertiary/aromatic N) is 1. The maximum Gasteiger partial charge on any atom is 0.573 e. The van der Waals surface area contributed by atoms with Crippen LogP contribution in [0, 0.1) is 0 Å². The van der Waals surface area contributed by atoms with E-state index in [9.17, 15) is 22.8 Å². The van der Waals surface area contributed by atoms with E-state index in [-0.39, 0.29) is 17.3 Å². The van der Waals surface area contributed by atoms with Gasteiger partial charge >= 0.3 is 12.4 Å². The van der Waals surface area contributed by atoms with Gasteiger partial charge in [0.15, 0.2) is 0 Å². The van der Waals surface area contributed by atoms with Crippen molar-refractivity contribution in [3.63, 3.8) is 0 Å². The number of anilines is 2. The van der Waals surface area contributed by atoms with Crippen LogP contribution < -0.4 is 20.7 Å². The molecule has 0 spiro atoms. The Bertz CT molecular complexity index is 838. The first-order valence-electron chi connectivity index (χ1n) is 9.09. The lowest BCUT2D eigenvalue weighted by Gasteiger charge is -2.11. The van der Waals surface area contributed by atoms with Crippen molar-refractivity contribution in [2.75, 3.05) is 37.8 Å². The van der Waals surface area contributed by atoms with E-state index in [1.807, 2.05) is 19.0 Å². The van der Waals surface area contributed by atoms with Crippen molar-refractivity contribution in [3.05, 3.63) is 54.1 Å². The Hall–Kier alpha value is -3.27. The van der Waals surface area contributed by atoms with E-state index in [1.165, 1.54) is 12.1 Å². The van der Waals surface area contributed by atoms with E-state index >= 15 is 0 Å². The van der Waals surface area contributed by atoms with Gasteiger partial charge in [-0.3, -0.25) is 4.79 Å². The van der Waals surface area contributed by atoms with Crippen LogP contribution in [0.2, 0.25) is 0 Å². The number of alkyl halides is 3. The molecule has 0 fully saturated rings. The van der Waals surface area contributed by atoms with Crippen LogP contribution in [0.3, 0.4) is 0 Å². The minimum atomic E-state index is -4.78. The Kier molecular flexibility index (Phi) is 8.05. The molecule has 0 saturated carbocycles. The molecule has 3 N–H and O–H groups in total. The molecule has 0 bridgehead atoms. The third kappa shape index (κ3) is 8.39. The van der Waals surface area contributed by atoms with Crippen LogP contribution in [-0.2, 0) is 0 Å². The Morgan fingerprint density at radius 2 is 1.47 bits per heavy atom. The smallest absolute Gasteiger partial charge is 0.406 e. The predicted octanol–water partition coefficient (Wildman–Crippen LogP) is 3.91. The standard InChI is InChI=1S/C20H23F3N4O3/c1-27(2)13-3-12-24-18(28)14-4-6-15(7-5-14)25-19(29)26-16-8-10-17(11-9-16)30-20(21,22)23/h4-11H,3,12-13H2,1-2H3,(H,24,28)(H2,25,26,29). The number of benzene rings is 2. The first kappa shape index (κ1) is 23.0. The van der Waals surface area contributed by atoms with Gasteiger partial charge in [-0.1, -0.05) is 0 Å². The van der Waals surface area contributed by atoms with Crippen LogP contribution in [0.5, 0.6) is 5.75 Å². The van der Waals surface area contributed by atoms with Crippen LogP contribution in [-0.4, -0.2) is 50.4 Å². The number of hydrogen-bond donors (Lipinski definition) is 3. The molecule has 0 heterocycles. The average molecular weight is 424 g/mol. The molecule has 30 heavy (non-hydrogen) atoms. The number of carbonyl (C=O) groups is 2. The number of ether oxygens (including phenoxy) is 1. The Labute approximate surface area is 172 Å². The number of urea groups is 1. The van der Waals surface area contributed by atoms with E-state index in [0.29, 0.717) is 17.8 Å². The molecule has 162 valence electrons. The second-order valence-corrected chi connectivity index (χ2v) is 6.64. The molecular weight excluding hydrogens is 401 g/mol. The molecule has 0 atom stereocenters. The normalized spacial score (nSPS) is 11.1. The van der Waals surface area contributed by atoms with E-state index in [2.05, 4.69) is 20.7 Å². The Morgan fingerprint density at radius 1 is 0.933 bits per heavy atom. The van der Waals surface area contributed by atoms with E-state index in [1.54, 1.807) is 24.3 Å². The Morgan fingerprint density at radius 3 is 1.97 bits per heavy atom. The molecule has 0 aliphatic heterocycles. The largest absolute Gasteiger partial charge is 0.573 e. The monoisotopic (exact) mass is 424 g/mol. The summed E-state index contributed by atoms with van der Waals surface area (Å²) >= 11 is 0. The van der Waals surface area contributed by atoms with Crippen LogP contribution in [0.25, 0.3) is 0 Å². The molecule has 3 amide bonds. The van der Waals surface area contributed by atoms with Crippen LogP contribution in [0.15, 0.2) is 48.5 Å². The van der Waals surface area contributed by atoms with Gasteiger partial charge in [0.25, 0.3) is 5.91 Å². The van der Waals surface area contributed by atoms with Gasteiger partial charge in [-0.2, -0.15) is 0 Å². The highest BCUT2D eigenvalue weighted by atomic mass is 19.4. The van der Waals surface area contributed by atoms with Gasteiger partial charge in [0.2, 0.25) is 0 Å². The van der Waals surface area contributed by atoms with Gasteiger partial charge < -0.3 is 25.6 Å². The van der Waals surface area contributed by atoms with E-state index < -0.39 is 12.4 Å². The van der Waals surface area contributed by atoms with Crippen molar-refractivity contribution < 1.29 is 27.5 Å². The SMILES string of the molecule is CN(C)CCCNC(=O)c1ccc(NC(=O)Nc2ccc(OC(F)(F)F)cc2)cc1. The molecule has 0 aliphatic carbocycles. The summed E-state index contributed by atoms with van der Waals surface area (Å²) in [6.45, 7) is 1.43. The molecular formula is C20H23F3N4O3. The summed E-state index contributed by atoms with van der Waals surface area (Å²) in [6.07, 6.45) is -3.94. The van der Waals surface area contributed by atoms with Crippen molar-refractivity contribution >= 4 is 23.3 Å². The predicted molar refractivity (Wildman–Crippen MR) is 108 cm³/mol. The molecule has 0 saturated heterocycles. The van der Waals surface area contributed by atoms with Crippen molar-refractivity contribution in [2.24, 2.45) is 0 Å².